The van der Waals surface area contributed by atoms with Gasteiger partial charge in [0.25, 0.3) is 0 Å². The zero-order valence-corrected chi connectivity index (χ0v) is 10.8. The summed E-state index contributed by atoms with van der Waals surface area (Å²) in [6.07, 6.45) is 5.68. The van der Waals surface area contributed by atoms with Crippen LogP contribution in [0.1, 0.15) is 39.0 Å². The van der Waals surface area contributed by atoms with Crippen molar-refractivity contribution in [3.8, 4) is 0 Å². The quantitative estimate of drug-likeness (QED) is 0.768. The smallest absolute Gasteiger partial charge is 0.220 e. The van der Waals surface area contributed by atoms with E-state index in [-0.39, 0.29) is 5.91 Å². The van der Waals surface area contributed by atoms with Crippen LogP contribution in [-0.2, 0) is 4.79 Å². The van der Waals surface area contributed by atoms with Crippen molar-refractivity contribution in [3.63, 3.8) is 0 Å². The van der Waals surface area contributed by atoms with Gasteiger partial charge in [0, 0.05) is 30.3 Å². The van der Waals surface area contributed by atoms with Gasteiger partial charge in [0.15, 0.2) is 0 Å². The molecule has 1 saturated carbocycles. The first-order valence-electron chi connectivity index (χ1n) is 6.42. The monoisotopic (exact) mass is 242 g/mol. The van der Waals surface area contributed by atoms with Crippen LogP contribution in [0.15, 0.2) is 0 Å². The molecule has 16 heavy (non-hydrogen) atoms. The van der Waals surface area contributed by atoms with Crippen LogP contribution < -0.4 is 10.6 Å². The van der Waals surface area contributed by atoms with Crippen LogP contribution >= 0.6 is 11.8 Å². The highest BCUT2D eigenvalue weighted by Gasteiger charge is 2.26. The van der Waals surface area contributed by atoms with Crippen LogP contribution in [0.25, 0.3) is 0 Å². The predicted molar refractivity (Wildman–Crippen MR) is 68.7 cm³/mol. The molecule has 3 atom stereocenters. The Balaban J connectivity index is 1.62. The van der Waals surface area contributed by atoms with E-state index in [0.29, 0.717) is 18.5 Å². The Morgan fingerprint density at radius 3 is 3.00 bits per heavy atom. The van der Waals surface area contributed by atoms with Crippen LogP contribution in [0.2, 0.25) is 0 Å². The summed E-state index contributed by atoms with van der Waals surface area (Å²) in [5.74, 6) is 1.45. The van der Waals surface area contributed by atoms with Gasteiger partial charge in [-0.25, -0.2) is 0 Å². The molecule has 1 amide bonds. The maximum Gasteiger partial charge on any atom is 0.220 e. The van der Waals surface area contributed by atoms with E-state index in [1.54, 1.807) is 0 Å². The highest BCUT2D eigenvalue weighted by atomic mass is 32.2. The fourth-order valence-electron chi connectivity index (χ4n) is 2.65. The Morgan fingerprint density at radius 2 is 2.31 bits per heavy atom. The minimum Gasteiger partial charge on any atom is -0.352 e. The molecule has 0 spiro atoms. The van der Waals surface area contributed by atoms with Crippen molar-refractivity contribution in [3.05, 3.63) is 0 Å². The number of rotatable bonds is 5. The number of hydrogen-bond donors (Lipinski definition) is 2. The summed E-state index contributed by atoms with van der Waals surface area (Å²) < 4.78 is 0. The summed E-state index contributed by atoms with van der Waals surface area (Å²) in [5.41, 5.74) is 0. The Hall–Kier alpha value is -0.220. The minimum atomic E-state index is 0.220. The first-order chi connectivity index (χ1) is 7.78. The van der Waals surface area contributed by atoms with Crippen LogP contribution in [0, 0.1) is 0 Å². The molecule has 0 aromatic heterocycles. The number of nitrogens with one attached hydrogen (secondary N) is 2. The number of amides is 1. The van der Waals surface area contributed by atoms with E-state index in [2.05, 4.69) is 29.3 Å². The van der Waals surface area contributed by atoms with E-state index in [4.69, 9.17) is 0 Å². The third kappa shape index (κ3) is 3.39. The lowest BCUT2D eigenvalue weighted by atomic mass is 10.2. The molecule has 3 unspecified atom stereocenters. The van der Waals surface area contributed by atoms with Crippen molar-refractivity contribution < 1.29 is 4.79 Å². The van der Waals surface area contributed by atoms with E-state index in [1.807, 2.05) is 0 Å². The lowest BCUT2D eigenvalue weighted by Gasteiger charge is -2.16. The zero-order valence-electron chi connectivity index (χ0n) is 10.00. The second-order valence-corrected chi connectivity index (χ2v) is 6.38. The molecule has 92 valence electrons. The molecule has 0 aromatic rings. The molecule has 0 radical (unpaired) electrons. The number of hydrogen-bond acceptors (Lipinski definition) is 3. The molecule has 2 N–H and O–H groups in total. The topological polar surface area (TPSA) is 41.1 Å². The van der Waals surface area contributed by atoms with Crippen molar-refractivity contribution in [2.75, 3.05) is 12.3 Å². The zero-order chi connectivity index (χ0) is 11.4. The van der Waals surface area contributed by atoms with Crippen LogP contribution in [0.4, 0.5) is 0 Å². The molecule has 1 heterocycles. The lowest BCUT2D eigenvalue weighted by molar-refractivity contribution is -0.119. The van der Waals surface area contributed by atoms with Gasteiger partial charge in [0.2, 0.25) is 5.91 Å². The first-order valence-corrected chi connectivity index (χ1v) is 7.47. The highest BCUT2D eigenvalue weighted by molar-refractivity contribution is 7.99. The van der Waals surface area contributed by atoms with E-state index < -0.39 is 0 Å². The van der Waals surface area contributed by atoms with E-state index >= 15 is 0 Å². The molecule has 1 aliphatic heterocycles. The normalized spacial score (nSPS) is 34.3. The van der Waals surface area contributed by atoms with Gasteiger partial charge in [-0.05, 0) is 31.4 Å². The van der Waals surface area contributed by atoms with E-state index in [9.17, 15) is 4.79 Å². The molecular weight excluding hydrogens is 220 g/mol. The molecule has 1 saturated heterocycles. The Kier molecular flexibility index (Phi) is 4.53. The number of carbonyl (C=O) groups is 1. The largest absolute Gasteiger partial charge is 0.352 e. The van der Waals surface area contributed by atoms with Crippen LogP contribution in [0.3, 0.4) is 0 Å². The molecule has 0 aromatic carbocycles. The lowest BCUT2D eigenvalue weighted by Crippen LogP contribution is -2.39. The Labute approximate surface area is 102 Å². The summed E-state index contributed by atoms with van der Waals surface area (Å²) in [4.78, 5) is 11.0. The number of carbonyl (C=O) groups excluding carboxylic acids is 1. The second-order valence-electron chi connectivity index (χ2n) is 4.80. The van der Waals surface area contributed by atoms with Gasteiger partial charge in [-0.3, -0.25) is 4.79 Å². The summed E-state index contributed by atoms with van der Waals surface area (Å²) >= 11 is 2.09. The third-order valence-corrected chi connectivity index (χ3v) is 4.76. The SMILES string of the molecule is CCSC1CCC(NCC2CCC(=O)N2)C1. The molecule has 1 aliphatic carbocycles. The Bertz CT molecular complexity index is 247. The van der Waals surface area contributed by atoms with Crippen molar-refractivity contribution in [1.29, 1.82) is 0 Å². The van der Waals surface area contributed by atoms with Crippen molar-refractivity contribution >= 4 is 17.7 Å². The fraction of sp³-hybridized carbons (Fsp3) is 0.917. The third-order valence-electron chi connectivity index (χ3n) is 3.52. The van der Waals surface area contributed by atoms with Crippen molar-refractivity contribution in [2.24, 2.45) is 0 Å². The Morgan fingerprint density at radius 1 is 1.44 bits per heavy atom. The summed E-state index contributed by atoms with van der Waals surface area (Å²) in [6, 6.07) is 1.06. The number of thioether (sulfide) groups is 1. The standard InChI is InChI=1S/C12H22N2OS/c1-2-16-11-5-3-9(7-11)13-8-10-4-6-12(15)14-10/h9-11,13H,2-8H2,1H3,(H,14,15). The van der Waals surface area contributed by atoms with Gasteiger partial charge in [-0.15, -0.1) is 0 Å². The van der Waals surface area contributed by atoms with Gasteiger partial charge >= 0.3 is 0 Å². The predicted octanol–water partition coefficient (Wildman–Crippen LogP) is 1.53. The molecule has 2 aliphatic rings. The molecule has 3 nitrogen and oxygen atoms in total. The average molecular weight is 242 g/mol. The maximum absolute atomic E-state index is 11.0. The molecule has 4 heteroatoms. The van der Waals surface area contributed by atoms with Gasteiger partial charge in [-0.2, -0.15) is 11.8 Å². The van der Waals surface area contributed by atoms with Crippen molar-refractivity contribution in [2.45, 2.75) is 56.4 Å². The maximum atomic E-state index is 11.0. The van der Waals surface area contributed by atoms with Gasteiger partial charge in [-0.1, -0.05) is 6.92 Å². The molecule has 2 rings (SSSR count). The second kappa shape index (κ2) is 5.92. The highest BCUT2D eigenvalue weighted by Crippen LogP contribution is 2.29. The minimum absolute atomic E-state index is 0.220. The van der Waals surface area contributed by atoms with Crippen molar-refractivity contribution in [1.82, 2.24) is 10.6 Å². The summed E-state index contributed by atoms with van der Waals surface area (Å²) in [5, 5.41) is 7.47. The van der Waals surface area contributed by atoms with Gasteiger partial charge in [0.1, 0.15) is 0 Å². The van der Waals surface area contributed by atoms with E-state index in [1.165, 1.54) is 25.0 Å². The molecular formula is C12H22N2OS. The van der Waals surface area contributed by atoms with Gasteiger partial charge < -0.3 is 10.6 Å². The molecule has 2 fully saturated rings. The van der Waals surface area contributed by atoms with Crippen LogP contribution in [0.5, 0.6) is 0 Å². The van der Waals surface area contributed by atoms with E-state index in [0.717, 1.165) is 18.2 Å². The van der Waals surface area contributed by atoms with Crippen LogP contribution in [-0.4, -0.2) is 35.5 Å². The summed E-state index contributed by atoms with van der Waals surface area (Å²) in [7, 11) is 0. The fourth-order valence-corrected chi connectivity index (χ4v) is 3.79. The average Bonchev–Trinajstić information content (AvgIpc) is 2.85. The first kappa shape index (κ1) is 12.2. The molecule has 0 bridgehead atoms. The summed E-state index contributed by atoms with van der Waals surface area (Å²) in [6.45, 7) is 3.19. The van der Waals surface area contributed by atoms with Gasteiger partial charge in [0.05, 0.1) is 0 Å².